The molecule has 1 heterocycles. The molecule has 0 saturated carbocycles. The van der Waals surface area contributed by atoms with E-state index in [2.05, 4.69) is 27.1 Å². The zero-order valence-electron chi connectivity index (χ0n) is 16.4. The lowest BCUT2D eigenvalue weighted by Crippen LogP contribution is -2.14. The molecule has 2 aromatic carbocycles. The summed E-state index contributed by atoms with van der Waals surface area (Å²) in [5, 5.41) is 13.7. The molecule has 0 fully saturated rings. The molecular formula is C22H20BrN3O3. The van der Waals surface area contributed by atoms with E-state index in [9.17, 15) is 4.79 Å². The molecule has 0 atom stereocenters. The van der Waals surface area contributed by atoms with Crippen molar-refractivity contribution in [1.29, 1.82) is 5.26 Å². The summed E-state index contributed by atoms with van der Waals surface area (Å²) in [5.74, 6) is 0.178. The second kappa shape index (κ2) is 8.93. The molecular weight excluding hydrogens is 434 g/mol. The molecule has 0 unspecified atom stereocenters. The number of rotatable bonds is 6. The summed E-state index contributed by atoms with van der Waals surface area (Å²) in [6, 6.07) is 15.0. The maximum absolute atomic E-state index is 12.7. The monoisotopic (exact) mass is 453 g/mol. The number of benzene rings is 2. The fourth-order valence-corrected chi connectivity index (χ4v) is 3.56. The molecule has 0 aliphatic carbocycles. The Balaban J connectivity index is 1.86. The number of ether oxygens (including phenoxy) is 2. The van der Waals surface area contributed by atoms with Gasteiger partial charge in [-0.25, -0.2) is 4.68 Å². The van der Waals surface area contributed by atoms with Gasteiger partial charge in [-0.15, -0.1) is 0 Å². The normalized spacial score (nSPS) is 10.4. The van der Waals surface area contributed by atoms with Crippen molar-refractivity contribution in [3.8, 4) is 23.3 Å². The quantitative estimate of drug-likeness (QED) is 0.400. The van der Waals surface area contributed by atoms with Crippen LogP contribution in [0, 0.1) is 25.2 Å². The summed E-state index contributed by atoms with van der Waals surface area (Å²) >= 11 is 3.36. The molecule has 0 bridgehead atoms. The van der Waals surface area contributed by atoms with E-state index >= 15 is 0 Å². The lowest BCUT2D eigenvalue weighted by Gasteiger charge is -2.13. The van der Waals surface area contributed by atoms with E-state index in [0.717, 1.165) is 22.6 Å². The Bertz CT molecular complexity index is 1080. The maximum Gasteiger partial charge on any atom is 0.315 e. The summed E-state index contributed by atoms with van der Waals surface area (Å²) in [6.07, 6.45) is 0.0719. The van der Waals surface area contributed by atoms with Gasteiger partial charge >= 0.3 is 5.97 Å². The van der Waals surface area contributed by atoms with E-state index in [1.54, 1.807) is 12.1 Å². The molecule has 0 aliphatic heterocycles. The van der Waals surface area contributed by atoms with Crippen LogP contribution in [0.15, 0.2) is 46.9 Å². The molecule has 1 aromatic heterocycles. The van der Waals surface area contributed by atoms with E-state index in [-0.39, 0.29) is 12.2 Å². The van der Waals surface area contributed by atoms with Crippen LogP contribution in [0.4, 0.5) is 0 Å². The Morgan fingerprint density at radius 2 is 1.97 bits per heavy atom. The third-order valence-electron chi connectivity index (χ3n) is 4.42. The third kappa shape index (κ3) is 4.49. The molecule has 0 amide bonds. The fourth-order valence-electron chi connectivity index (χ4n) is 3.04. The highest BCUT2D eigenvalue weighted by molar-refractivity contribution is 9.10. The zero-order valence-corrected chi connectivity index (χ0v) is 18.0. The average Bonchev–Trinajstić information content (AvgIpc) is 2.99. The Labute approximate surface area is 177 Å². The summed E-state index contributed by atoms with van der Waals surface area (Å²) in [5.41, 5.74) is 3.82. The summed E-state index contributed by atoms with van der Waals surface area (Å²) in [7, 11) is 0. The summed E-state index contributed by atoms with van der Waals surface area (Å²) < 4.78 is 13.5. The molecule has 0 N–H and O–H groups in total. The number of esters is 1. The number of nitriles is 1. The molecule has 0 saturated heterocycles. The lowest BCUT2D eigenvalue weighted by molar-refractivity contribution is -0.133. The van der Waals surface area contributed by atoms with E-state index in [0.29, 0.717) is 22.4 Å². The Kier molecular flexibility index (Phi) is 6.35. The average molecular weight is 454 g/mol. The Hall–Kier alpha value is -3.11. The highest BCUT2D eigenvalue weighted by atomic mass is 79.9. The molecule has 7 heteroatoms. The summed E-state index contributed by atoms with van der Waals surface area (Å²) in [4.78, 5) is 12.7. The van der Waals surface area contributed by atoms with E-state index in [1.165, 1.54) is 0 Å². The first kappa shape index (κ1) is 20.6. The Morgan fingerprint density at radius 3 is 2.62 bits per heavy atom. The standard InChI is InChI=1S/C22H20BrN3O3/c1-4-28-20-11-16(13-24)10-19(23)22(20)29-21(27)12-18-14(2)25-26(15(18)3)17-8-6-5-7-9-17/h5-11H,4,12H2,1-3H3. The first-order valence-corrected chi connectivity index (χ1v) is 9.91. The minimum Gasteiger partial charge on any atom is -0.490 e. The van der Waals surface area contributed by atoms with Gasteiger partial charge in [-0.1, -0.05) is 18.2 Å². The van der Waals surface area contributed by atoms with Gasteiger partial charge < -0.3 is 9.47 Å². The number of halogens is 1. The van der Waals surface area contributed by atoms with Crippen LogP contribution in [0.5, 0.6) is 11.5 Å². The van der Waals surface area contributed by atoms with Crippen LogP contribution in [-0.4, -0.2) is 22.4 Å². The second-order valence-electron chi connectivity index (χ2n) is 6.38. The van der Waals surface area contributed by atoms with Gasteiger partial charge in [-0.2, -0.15) is 10.4 Å². The van der Waals surface area contributed by atoms with Crippen LogP contribution >= 0.6 is 15.9 Å². The van der Waals surface area contributed by atoms with Gasteiger partial charge in [0.25, 0.3) is 0 Å². The first-order valence-electron chi connectivity index (χ1n) is 9.12. The molecule has 0 spiro atoms. The van der Waals surface area contributed by atoms with Crippen molar-refractivity contribution < 1.29 is 14.3 Å². The van der Waals surface area contributed by atoms with Gasteiger partial charge in [0.1, 0.15) is 0 Å². The van der Waals surface area contributed by atoms with Crippen molar-refractivity contribution >= 4 is 21.9 Å². The van der Waals surface area contributed by atoms with Crippen LogP contribution < -0.4 is 9.47 Å². The van der Waals surface area contributed by atoms with Crippen molar-refractivity contribution in [1.82, 2.24) is 9.78 Å². The summed E-state index contributed by atoms with van der Waals surface area (Å²) in [6.45, 7) is 6.01. The number of carbonyl (C=O) groups excluding carboxylic acids is 1. The minimum absolute atomic E-state index is 0.0719. The molecule has 29 heavy (non-hydrogen) atoms. The van der Waals surface area contributed by atoms with E-state index < -0.39 is 5.97 Å². The predicted octanol–water partition coefficient (Wildman–Crippen LogP) is 4.67. The van der Waals surface area contributed by atoms with Gasteiger partial charge in [0, 0.05) is 17.3 Å². The molecule has 6 nitrogen and oxygen atoms in total. The van der Waals surface area contributed by atoms with E-state index in [4.69, 9.17) is 14.7 Å². The van der Waals surface area contributed by atoms with Crippen LogP contribution in [0.25, 0.3) is 5.69 Å². The number of carbonyl (C=O) groups is 1. The maximum atomic E-state index is 12.7. The number of para-hydroxylation sites is 1. The van der Waals surface area contributed by atoms with Crippen molar-refractivity contribution in [3.63, 3.8) is 0 Å². The second-order valence-corrected chi connectivity index (χ2v) is 7.23. The SMILES string of the molecule is CCOc1cc(C#N)cc(Br)c1OC(=O)Cc1c(C)nn(-c2ccccc2)c1C. The van der Waals surface area contributed by atoms with Crippen LogP contribution in [0.3, 0.4) is 0 Å². The number of hydrogen-bond donors (Lipinski definition) is 0. The molecule has 0 radical (unpaired) electrons. The first-order chi connectivity index (χ1) is 13.9. The van der Waals surface area contributed by atoms with Crippen molar-refractivity contribution in [2.24, 2.45) is 0 Å². The van der Waals surface area contributed by atoms with Crippen molar-refractivity contribution in [3.05, 3.63) is 69.5 Å². The highest BCUT2D eigenvalue weighted by Gasteiger charge is 2.20. The smallest absolute Gasteiger partial charge is 0.315 e. The van der Waals surface area contributed by atoms with Crippen LogP contribution in [0.1, 0.15) is 29.4 Å². The largest absolute Gasteiger partial charge is 0.490 e. The van der Waals surface area contributed by atoms with Crippen LogP contribution in [0.2, 0.25) is 0 Å². The molecule has 148 valence electrons. The zero-order chi connectivity index (χ0) is 21.0. The number of nitrogens with zero attached hydrogens (tertiary/aromatic N) is 3. The molecule has 3 aromatic rings. The lowest BCUT2D eigenvalue weighted by atomic mass is 10.1. The predicted molar refractivity (Wildman–Crippen MR) is 112 cm³/mol. The topological polar surface area (TPSA) is 77.1 Å². The number of hydrogen-bond acceptors (Lipinski definition) is 5. The van der Waals surface area contributed by atoms with Gasteiger partial charge in [0.15, 0.2) is 11.5 Å². The van der Waals surface area contributed by atoms with Gasteiger partial charge in [0.2, 0.25) is 0 Å². The van der Waals surface area contributed by atoms with Crippen LogP contribution in [-0.2, 0) is 11.2 Å². The van der Waals surface area contributed by atoms with E-state index in [1.807, 2.05) is 55.8 Å². The van der Waals surface area contributed by atoms with Gasteiger partial charge in [0.05, 0.1) is 40.5 Å². The Morgan fingerprint density at radius 1 is 1.24 bits per heavy atom. The molecule has 3 rings (SSSR count). The van der Waals surface area contributed by atoms with Crippen molar-refractivity contribution in [2.45, 2.75) is 27.2 Å². The van der Waals surface area contributed by atoms with Crippen molar-refractivity contribution in [2.75, 3.05) is 6.61 Å². The minimum atomic E-state index is -0.435. The van der Waals surface area contributed by atoms with Gasteiger partial charge in [-0.05, 0) is 54.9 Å². The highest BCUT2D eigenvalue weighted by Crippen LogP contribution is 2.37. The third-order valence-corrected chi connectivity index (χ3v) is 5.01. The number of aryl methyl sites for hydroxylation is 1. The number of aromatic nitrogens is 2. The molecule has 0 aliphatic rings. The van der Waals surface area contributed by atoms with Gasteiger partial charge in [-0.3, -0.25) is 4.79 Å². The fraction of sp³-hybridized carbons (Fsp3) is 0.227.